The Morgan fingerprint density at radius 3 is 2.73 bits per heavy atom. The summed E-state index contributed by atoms with van der Waals surface area (Å²) in [7, 11) is 0. The molecule has 0 saturated heterocycles. The zero-order valence-corrected chi connectivity index (χ0v) is 13.6. The van der Waals surface area contributed by atoms with Crippen molar-refractivity contribution in [3.05, 3.63) is 29.3 Å². The van der Waals surface area contributed by atoms with E-state index in [0.29, 0.717) is 5.92 Å². The maximum absolute atomic E-state index is 12.4. The fourth-order valence-electron chi connectivity index (χ4n) is 3.13. The summed E-state index contributed by atoms with van der Waals surface area (Å²) in [6, 6.07) is 6.17. The van der Waals surface area contributed by atoms with Crippen LogP contribution in [0.3, 0.4) is 0 Å². The average Bonchev–Trinajstić information content (AvgIpc) is 2.87. The molecular weight excluding hydrogens is 278 g/mol. The minimum Gasteiger partial charge on any atom is -0.493 e. The van der Waals surface area contributed by atoms with Crippen molar-refractivity contribution in [2.75, 3.05) is 6.61 Å². The molecule has 0 bridgehead atoms. The van der Waals surface area contributed by atoms with Gasteiger partial charge < -0.3 is 15.2 Å². The molecule has 0 unspecified atom stereocenters. The van der Waals surface area contributed by atoms with Crippen LogP contribution < -0.4 is 10.1 Å². The molecule has 1 saturated carbocycles. The molecule has 4 heteroatoms. The van der Waals surface area contributed by atoms with Crippen LogP contribution in [0.4, 0.5) is 0 Å². The molecule has 1 amide bonds. The van der Waals surface area contributed by atoms with E-state index in [2.05, 4.69) is 11.4 Å². The SMILES string of the molecule is CC(C)(C)C(=O)N[C@H](c1ccc2c(c1)CCO2)C1CC(O)C1. The largest absolute Gasteiger partial charge is 0.493 e. The number of amides is 1. The predicted molar refractivity (Wildman–Crippen MR) is 84.7 cm³/mol. The van der Waals surface area contributed by atoms with Gasteiger partial charge in [0.2, 0.25) is 5.91 Å². The molecule has 1 aromatic carbocycles. The van der Waals surface area contributed by atoms with Crippen molar-refractivity contribution < 1.29 is 14.6 Å². The molecule has 120 valence electrons. The Labute approximate surface area is 131 Å². The van der Waals surface area contributed by atoms with Gasteiger partial charge in [0.1, 0.15) is 5.75 Å². The molecular formula is C18H25NO3. The standard InChI is InChI=1S/C18H25NO3/c1-18(2,3)17(21)19-16(13-9-14(20)10-13)12-4-5-15-11(8-12)6-7-22-15/h4-5,8,13-14,16,20H,6-7,9-10H2,1-3H3,(H,19,21)/t13?,14?,16-/m1/s1. The molecule has 0 radical (unpaired) electrons. The molecule has 1 aromatic rings. The Morgan fingerprint density at radius 1 is 1.36 bits per heavy atom. The first kappa shape index (κ1) is 15.3. The van der Waals surface area contributed by atoms with Crippen LogP contribution in [-0.4, -0.2) is 23.7 Å². The number of carbonyl (C=O) groups is 1. The lowest BCUT2D eigenvalue weighted by Gasteiger charge is -2.39. The molecule has 0 spiro atoms. The van der Waals surface area contributed by atoms with Crippen LogP contribution in [0.5, 0.6) is 5.75 Å². The second-order valence-corrected chi connectivity index (χ2v) is 7.55. The van der Waals surface area contributed by atoms with Crippen molar-refractivity contribution >= 4 is 5.91 Å². The summed E-state index contributed by atoms with van der Waals surface area (Å²) in [6.45, 7) is 6.50. The molecule has 0 aromatic heterocycles. The van der Waals surface area contributed by atoms with E-state index in [1.165, 1.54) is 5.56 Å². The van der Waals surface area contributed by atoms with E-state index in [4.69, 9.17) is 4.74 Å². The lowest BCUT2D eigenvalue weighted by Crippen LogP contribution is -2.44. The normalized spacial score (nSPS) is 24.9. The number of hydrogen-bond donors (Lipinski definition) is 2. The van der Waals surface area contributed by atoms with Gasteiger partial charge in [-0.15, -0.1) is 0 Å². The first-order chi connectivity index (χ1) is 10.3. The maximum atomic E-state index is 12.4. The topological polar surface area (TPSA) is 58.6 Å². The van der Waals surface area contributed by atoms with Gasteiger partial charge in [-0.05, 0) is 42.0 Å². The summed E-state index contributed by atoms with van der Waals surface area (Å²) in [4.78, 5) is 12.4. The summed E-state index contributed by atoms with van der Waals surface area (Å²) < 4.78 is 5.56. The van der Waals surface area contributed by atoms with Gasteiger partial charge in [0.25, 0.3) is 0 Å². The Hall–Kier alpha value is -1.55. The van der Waals surface area contributed by atoms with Crippen molar-refractivity contribution in [1.82, 2.24) is 5.32 Å². The lowest BCUT2D eigenvalue weighted by molar-refractivity contribution is -0.130. The number of benzene rings is 1. The summed E-state index contributed by atoms with van der Waals surface area (Å²) in [5.74, 6) is 1.32. The predicted octanol–water partition coefficient (Wildman–Crippen LogP) is 2.60. The summed E-state index contributed by atoms with van der Waals surface area (Å²) in [6.07, 6.45) is 2.21. The van der Waals surface area contributed by atoms with E-state index in [9.17, 15) is 9.90 Å². The number of carbonyl (C=O) groups excluding carboxylic acids is 1. The third-order valence-corrected chi connectivity index (χ3v) is 4.66. The van der Waals surface area contributed by atoms with Crippen LogP contribution in [0.2, 0.25) is 0 Å². The zero-order valence-electron chi connectivity index (χ0n) is 13.6. The molecule has 22 heavy (non-hydrogen) atoms. The Bertz CT molecular complexity index is 570. The third kappa shape index (κ3) is 2.98. The number of aliphatic hydroxyl groups is 1. The highest BCUT2D eigenvalue weighted by Crippen LogP contribution is 2.40. The molecule has 1 aliphatic carbocycles. The number of hydrogen-bond acceptors (Lipinski definition) is 3. The fraction of sp³-hybridized carbons (Fsp3) is 0.611. The second kappa shape index (κ2) is 5.58. The van der Waals surface area contributed by atoms with E-state index >= 15 is 0 Å². The van der Waals surface area contributed by atoms with Crippen LogP contribution in [0.1, 0.15) is 50.8 Å². The highest BCUT2D eigenvalue weighted by Gasteiger charge is 2.37. The number of aliphatic hydroxyl groups excluding tert-OH is 1. The molecule has 2 aliphatic rings. The van der Waals surface area contributed by atoms with Gasteiger partial charge in [-0.25, -0.2) is 0 Å². The number of nitrogens with one attached hydrogen (secondary N) is 1. The zero-order chi connectivity index (χ0) is 15.9. The van der Waals surface area contributed by atoms with Crippen molar-refractivity contribution in [2.45, 2.75) is 52.2 Å². The molecule has 3 rings (SSSR count). The quantitative estimate of drug-likeness (QED) is 0.902. The van der Waals surface area contributed by atoms with Crippen LogP contribution in [0.15, 0.2) is 18.2 Å². The smallest absolute Gasteiger partial charge is 0.225 e. The number of ether oxygens (including phenoxy) is 1. The molecule has 1 heterocycles. The number of fused-ring (bicyclic) bond motifs is 1. The monoisotopic (exact) mass is 303 g/mol. The fourth-order valence-corrected chi connectivity index (χ4v) is 3.13. The highest BCUT2D eigenvalue weighted by molar-refractivity contribution is 5.81. The van der Waals surface area contributed by atoms with Crippen LogP contribution in [0, 0.1) is 11.3 Å². The van der Waals surface area contributed by atoms with Gasteiger partial charge in [-0.3, -0.25) is 4.79 Å². The van der Waals surface area contributed by atoms with Gasteiger partial charge >= 0.3 is 0 Å². The van der Waals surface area contributed by atoms with Gasteiger partial charge in [-0.1, -0.05) is 26.8 Å². The second-order valence-electron chi connectivity index (χ2n) is 7.55. The average molecular weight is 303 g/mol. The van der Waals surface area contributed by atoms with E-state index in [-0.39, 0.29) is 18.1 Å². The van der Waals surface area contributed by atoms with Crippen molar-refractivity contribution in [1.29, 1.82) is 0 Å². The van der Waals surface area contributed by atoms with E-state index in [0.717, 1.165) is 37.2 Å². The van der Waals surface area contributed by atoms with E-state index in [1.807, 2.05) is 32.9 Å². The maximum Gasteiger partial charge on any atom is 0.225 e. The van der Waals surface area contributed by atoms with Crippen LogP contribution in [0.25, 0.3) is 0 Å². The summed E-state index contributed by atoms with van der Waals surface area (Å²) in [5.41, 5.74) is 1.92. The third-order valence-electron chi connectivity index (χ3n) is 4.66. The van der Waals surface area contributed by atoms with E-state index in [1.54, 1.807) is 0 Å². The number of rotatable bonds is 3. The molecule has 1 atom stereocenters. The lowest BCUT2D eigenvalue weighted by atomic mass is 9.74. The van der Waals surface area contributed by atoms with E-state index < -0.39 is 5.41 Å². The summed E-state index contributed by atoms with van der Waals surface area (Å²) >= 11 is 0. The van der Waals surface area contributed by atoms with Crippen LogP contribution in [-0.2, 0) is 11.2 Å². The minimum absolute atomic E-state index is 0.0268. The van der Waals surface area contributed by atoms with Crippen LogP contribution >= 0.6 is 0 Å². The van der Waals surface area contributed by atoms with Gasteiger partial charge in [0.15, 0.2) is 0 Å². The first-order valence-electron chi connectivity index (χ1n) is 8.09. The van der Waals surface area contributed by atoms with Crippen molar-refractivity contribution in [3.63, 3.8) is 0 Å². The van der Waals surface area contributed by atoms with Crippen molar-refractivity contribution in [2.24, 2.45) is 11.3 Å². The molecule has 2 N–H and O–H groups in total. The van der Waals surface area contributed by atoms with Gasteiger partial charge in [0.05, 0.1) is 18.8 Å². The molecule has 1 aliphatic heterocycles. The Morgan fingerprint density at radius 2 is 2.09 bits per heavy atom. The van der Waals surface area contributed by atoms with Crippen molar-refractivity contribution in [3.8, 4) is 5.75 Å². The Kier molecular flexibility index (Phi) is 3.89. The molecule has 4 nitrogen and oxygen atoms in total. The van der Waals surface area contributed by atoms with Gasteiger partial charge in [-0.2, -0.15) is 0 Å². The highest BCUT2D eigenvalue weighted by atomic mass is 16.5. The first-order valence-corrected chi connectivity index (χ1v) is 8.09. The summed E-state index contributed by atoms with van der Waals surface area (Å²) in [5, 5.41) is 12.8. The minimum atomic E-state index is -0.416. The Balaban J connectivity index is 1.83. The molecule has 1 fully saturated rings. The van der Waals surface area contributed by atoms with Gasteiger partial charge in [0, 0.05) is 11.8 Å².